The lowest BCUT2D eigenvalue weighted by Crippen LogP contribution is -2.50. The van der Waals surface area contributed by atoms with Crippen LogP contribution in [0.3, 0.4) is 0 Å². The van der Waals surface area contributed by atoms with Crippen molar-refractivity contribution in [1.29, 1.82) is 0 Å². The van der Waals surface area contributed by atoms with Crippen LogP contribution in [-0.4, -0.2) is 41.6 Å². The zero-order chi connectivity index (χ0) is 16.0. The Labute approximate surface area is 124 Å². The molecule has 120 valence electrons. The van der Waals surface area contributed by atoms with E-state index < -0.39 is 24.3 Å². The summed E-state index contributed by atoms with van der Waals surface area (Å²) >= 11 is 0. The van der Waals surface area contributed by atoms with Crippen LogP contribution in [0.1, 0.15) is 39.5 Å². The first-order valence-electron chi connectivity index (χ1n) is 7.25. The van der Waals surface area contributed by atoms with Crippen molar-refractivity contribution in [2.45, 2.75) is 51.6 Å². The lowest BCUT2D eigenvalue weighted by Gasteiger charge is -2.27. The Morgan fingerprint density at radius 3 is 2.38 bits per heavy atom. The van der Waals surface area contributed by atoms with Crippen LogP contribution in [0.2, 0.25) is 0 Å². The van der Waals surface area contributed by atoms with Crippen molar-refractivity contribution >= 4 is 17.8 Å². The molecule has 2 atom stereocenters. The highest BCUT2D eigenvalue weighted by molar-refractivity contribution is 5.86. The maximum atomic E-state index is 11.8. The number of carbonyl (C=O) groups is 3. The first-order valence-corrected chi connectivity index (χ1v) is 7.25. The van der Waals surface area contributed by atoms with Crippen molar-refractivity contribution in [1.82, 2.24) is 5.32 Å². The van der Waals surface area contributed by atoms with Crippen LogP contribution in [0.4, 0.5) is 0 Å². The van der Waals surface area contributed by atoms with E-state index in [2.05, 4.69) is 5.32 Å². The van der Waals surface area contributed by atoms with Gasteiger partial charge in [-0.15, -0.1) is 0 Å². The van der Waals surface area contributed by atoms with Crippen LogP contribution < -0.4 is 11.1 Å². The van der Waals surface area contributed by atoms with Gasteiger partial charge in [-0.1, -0.05) is 20.3 Å². The molecular weight excluding hydrogens is 276 g/mol. The Bertz CT molecular complexity index is 393. The first-order chi connectivity index (χ1) is 9.81. The predicted octanol–water partition coefficient (Wildman–Crippen LogP) is 0.273. The van der Waals surface area contributed by atoms with Gasteiger partial charge in [0.25, 0.3) is 0 Å². The molecule has 7 nitrogen and oxygen atoms in total. The standard InChI is InChI=1S/C14H24N2O5/c1-8(2)11(7-21-14(20)9-4-3-5-9)16-13(19)10(15)6-12(17)18/h8-11H,3-7,15H2,1-2H3,(H,16,19)(H,17,18)/t10-,11-/m1/s1. The SMILES string of the molecule is CC(C)[C@@H](COC(=O)C1CCC1)NC(=O)[C@H](N)CC(=O)O. The fourth-order valence-corrected chi connectivity index (χ4v) is 1.91. The molecule has 0 aromatic carbocycles. The van der Waals surface area contributed by atoms with Crippen molar-refractivity contribution in [3.63, 3.8) is 0 Å². The highest BCUT2D eigenvalue weighted by Gasteiger charge is 2.28. The van der Waals surface area contributed by atoms with E-state index >= 15 is 0 Å². The summed E-state index contributed by atoms with van der Waals surface area (Å²) in [6, 6.07) is -1.48. The molecule has 4 N–H and O–H groups in total. The molecular formula is C14H24N2O5. The Hall–Kier alpha value is -1.63. The van der Waals surface area contributed by atoms with Gasteiger partial charge in [-0.25, -0.2) is 0 Å². The Kier molecular flexibility index (Phi) is 6.61. The Morgan fingerprint density at radius 1 is 1.33 bits per heavy atom. The molecule has 1 aliphatic carbocycles. The number of hydrogen-bond acceptors (Lipinski definition) is 5. The second-order valence-corrected chi connectivity index (χ2v) is 5.82. The van der Waals surface area contributed by atoms with Gasteiger partial charge in [0, 0.05) is 0 Å². The number of hydrogen-bond donors (Lipinski definition) is 3. The van der Waals surface area contributed by atoms with Gasteiger partial charge >= 0.3 is 11.9 Å². The number of nitrogens with one attached hydrogen (secondary N) is 1. The normalized spacial score (nSPS) is 17.7. The molecule has 0 aliphatic heterocycles. The summed E-state index contributed by atoms with van der Waals surface area (Å²) in [4.78, 5) is 34.0. The third-order valence-corrected chi connectivity index (χ3v) is 3.71. The largest absolute Gasteiger partial charge is 0.481 e. The number of nitrogens with two attached hydrogens (primary N) is 1. The summed E-state index contributed by atoms with van der Waals surface area (Å²) in [5.41, 5.74) is 5.50. The van der Waals surface area contributed by atoms with E-state index in [0.29, 0.717) is 0 Å². The van der Waals surface area contributed by atoms with Gasteiger partial charge in [0.1, 0.15) is 6.61 Å². The van der Waals surface area contributed by atoms with E-state index in [1.54, 1.807) is 0 Å². The molecule has 0 aromatic heterocycles. The minimum Gasteiger partial charge on any atom is -0.481 e. The summed E-state index contributed by atoms with van der Waals surface area (Å²) < 4.78 is 5.22. The number of carbonyl (C=O) groups excluding carboxylic acids is 2. The number of amides is 1. The number of aliphatic carboxylic acids is 1. The van der Waals surface area contributed by atoms with Gasteiger partial charge in [0.05, 0.1) is 24.4 Å². The highest BCUT2D eigenvalue weighted by atomic mass is 16.5. The summed E-state index contributed by atoms with van der Waals surface area (Å²) in [5.74, 6) is -1.87. The van der Waals surface area contributed by atoms with E-state index in [1.165, 1.54) is 0 Å². The van der Waals surface area contributed by atoms with Gasteiger partial charge < -0.3 is 20.9 Å². The first kappa shape index (κ1) is 17.4. The molecule has 21 heavy (non-hydrogen) atoms. The molecule has 0 aromatic rings. The van der Waals surface area contributed by atoms with Crippen LogP contribution in [0.5, 0.6) is 0 Å². The van der Waals surface area contributed by atoms with Crippen molar-refractivity contribution in [3.05, 3.63) is 0 Å². The van der Waals surface area contributed by atoms with Crippen LogP contribution in [0.25, 0.3) is 0 Å². The van der Waals surface area contributed by atoms with Gasteiger partial charge in [0.2, 0.25) is 5.91 Å². The molecule has 1 amide bonds. The van der Waals surface area contributed by atoms with E-state index in [1.807, 2.05) is 13.8 Å². The number of carboxylic acids is 1. The van der Waals surface area contributed by atoms with Crippen LogP contribution in [0.15, 0.2) is 0 Å². The van der Waals surface area contributed by atoms with Crippen molar-refractivity contribution in [2.24, 2.45) is 17.6 Å². The van der Waals surface area contributed by atoms with Crippen LogP contribution >= 0.6 is 0 Å². The third kappa shape index (κ3) is 5.71. The van der Waals surface area contributed by atoms with Gasteiger partial charge in [0.15, 0.2) is 0 Å². The topological polar surface area (TPSA) is 119 Å². The average molecular weight is 300 g/mol. The minimum absolute atomic E-state index is 0.0113. The third-order valence-electron chi connectivity index (χ3n) is 3.71. The highest BCUT2D eigenvalue weighted by Crippen LogP contribution is 2.27. The minimum atomic E-state index is -1.13. The number of rotatable bonds is 8. The number of esters is 1. The molecule has 1 rings (SSSR count). The molecule has 0 heterocycles. The second-order valence-electron chi connectivity index (χ2n) is 5.82. The summed E-state index contributed by atoms with van der Waals surface area (Å²) in [7, 11) is 0. The Morgan fingerprint density at radius 2 is 1.95 bits per heavy atom. The van der Waals surface area contributed by atoms with Gasteiger partial charge in [-0.05, 0) is 18.8 Å². The lowest BCUT2D eigenvalue weighted by molar-refractivity contribution is -0.153. The maximum Gasteiger partial charge on any atom is 0.309 e. The second kappa shape index (κ2) is 7.97. The Balaban J connectivity index is 2.43. The summed E-state index contributed by atoms with van der Waals surface area (Å²) in [6.45, 7) is 3.84. The fraction of sp³-hybridized carbons (Fsp3) is 0.786. The fourth-order valence-electron chi connectivity index (χ4n) is 1.91. The quantitative estimate of drug-likeness (QED) is 0.554. The number of ether oxygens (including phenoxy) is 1. The maximum absolute atomic E-state index is 11.8. The van der Waals surface area contributed by atoms with Crippen LogP contribution in [0, 0.1) is 11.8 Å². The van der Waals surface area contributed by atoms with E-state index in [4.69, 9.17) is 15.6 Å². The van der Waals surface area contributed by atoms with Crippen molar-refractivity contribution in [2.75, 3.05) is 6.61 Å². The molecule has 1 aliphatic rings. The van der Waals surface area contributed by atoms with Gasteiger partial charge in [-0.2, -0.15) is 0 Å². The molecule has 0 bridgehead atoms. The molecule has 1 fully saturated rings. The molecule has 0 radical (unpaired) electrons. The summed E-state index contributed by atoms with van der Waals surface area (Å²) in [5, 5.41) is 11.3. The molecule has 7 heteroatoms. The number of carboxylic acid groups (broad SMARTS) is 1. The zero-order valence-electron chi connectivity index (χ0n) is 12.5. The van der Waals surface area contributed by atoms with E-state index in [-0.39, 0.29) is 30.5 Å². The smallest absolute Gasteiger partial charge is 0.309 e. The molecule has 1 saturated carbocycles. The summed E-state index contributed by atoms with van der Waals surface area (Å²) in [6.07, 6.45) is 2.34. The van der Waals surface area contributed by atoms with Gasteiger partial charge in [-0.3, -0.25) is 14.4 Å². The molecule has 0 unspecified atom stereocenters. The van der Waals surface area contributed by atoms with Crippen LogP contribution in [-0.2, 0) is 19.1 Å². The van der Waals surface area contributed by atoms with E-state index in [0.717, 1.165) is 19.3 Å². The average Bonchev–Trinajstić information content (AvgIpc) is 2.30. The molecule has 0 spiro atoms. The predicted molar refractivity (Wildman–Crippen MR) is 75.3 cm³/mol. The van der Waals surface area contributed by atoms with Crippen molar-refractivity contribution in [3.8, 4) is 0 Å². The van der Waals surface area contributed by atoms with E-state index in [9.17, 15) is 14.4 Å². The lowest BCUT2D eigenvalue weighted by atomic mass is 9.86. The monoisotopic (exact) mass is 300 g/mol. The van der Waals surface area contributed by atoms with Crippen molar-refractivity contribution < 1.29 is 24.2 Å². The zero-order valence-corrected chi connectivity index (χ0v) is 12.5. The molecule has 0 saturated heterocycles.